The van der Waals surface area contributed by atoms with Crippen molar-refractivity contribution in [1.82, 2.24) is 0 Å². The standard InChI is InChI=1S/C30H35NO8.C3H8O2/c1-29-11-10-21(32)14-20(29)6-7-22-23-8-9-24(30(23,2)15-25(33)28(22)29)26(34)17-38-27(35)13-18-4-3-5-19(12-18)16-39-31(36)37;1-3(2,4)5/h3-5,10-12,14,22-25,28,33H,6-9,13,15-17H2,1-2H3;4-5H,1-2H3. The van der Waals surface area contributed by atoms with E-state index in [0.717, 1.165) is 24.8 Å². The molecule has 0 spiro atoms. The van der Waals surface area contributed by atoms with E-state index in [2.05, 4.69) is 18.7 Å². The number of ketones is 2. The zero-order valence-electron chi connectivity index (χ0n) is 25.7. The molecule has 0 amide bonds. The van der Waals surface area contributed by atoms with Crippen molar-refractivity contribution < 1.29 is 44.4 Å². The van der Waals surface area contributed by atoms with E-state index in [1.54, 1.807) is 36.4 Å². The molecule has 4 aliphatic rings. The van der Waals surface area contributed by atoms with E-state index in [0.29, 0.717) is 24.0 Å². The van der Waals surface area contributed by atoms with Crippen molar-refractivity contribution in [2.75, 3.05) is 6.61 Å². The lowest BCUT2D eigenvalue weighted by Gasteiger charge is -2.58. The number of fused-ring (bicyclic) bond motifs is 5. The van der Waals surface area contributed by atoms with Crippen LogP contribution in [0.3, 0.4) is 0 Å². The summed E-state index contributed by atoms with van der Waals surface area (Å²) in [4.78, 5) is 52.7. The SMILES string of the molecule is CC(C)(O)O.CC12C=CC(=O)C=C1CCC1C2C(O)CC2(C)C(C(=O)COC(=O)Cc3cccc(CO[N+](=O)[O-])c3)CCC12. The van der Waals surface area contributed by atoms with E-state index in [4.69, 9.17) is 14.9 Å². The van der Waals surface area contributed by atoms with E-state index >= 15 is 0 Å². The molecule has 7 atom stereocenters. The second-order valence-corrected chi connectivity index (χ2v) is 13.5. The molecule has 11 heteroatoms. The van der Waals surface area contributed by atoms with Gasteiger partial charge in [0.15, 0.2) is 17.4 Å². The third-order valence-electron chi connectivity index (χ3n) is 9.93. The number of ether oxygens (including phenoxy) is 1. The molecule has 4 aliphatic carbocycles. The molecule has 7 unspecified atom stereocenters. The topological polar surface area (TPSA) is 174 Å². The fourth-order valence-electron chi connectivity index (χ4n) is 8.28. The number of aliphatic hydroxyl groups is 3. The first kappa shape index (κ1) is 33.5. The number of rotatable bonds is 8. The molecule has 3 N–H and O–H groups in total. The fourth-order valence-corrected chi connectivity index (χ4v) is 8.28. The number of allylic oxidation sites excluding steroid dienone is 4. The normalized spacial score (nSPS) is 32.2. The van der Waals surface area contributed by atoms with Gasteiger partial charge in [-0.1, -0.05) is 49.8 Å². The molecule has 11 nitrogen and oxygen atoms in total. The van der Waals surface area contributed by atoms with Gasteiger partial charge in [0.2, 0.25) is 0 Å². The van der Waals surface area contributed by atoms with Crippen molar-refractivity contribution in [1.29, 1.82) is 0 Å². The van der Waals surface area contributed by atoms with Gasteiger partial charge in [-0.05, 0) is 86.5 Å². The van der Waals surface area contributed by atoms with Crippen LogP contribution >= 0.6 is 0 Å². The molecule has 5 rings (SSSR count). The van der Waals surface area contributed by atoms with E-state index in [9.17, 15) is 29.6 Å². The van der Waals surface area contributed by atoms with Crippen LogP contribution in [0.4, 0.5) is 0 Å². The minimum atomic E-state index is -1.50. The van der Waals surface area contributed by atoms with E-state index in [1.807, 2.05) is 6.08 Å². The van der Waals surface area contributed by atoms with Gasteiger partial charge in [0, 0.05) is 17.3 Å². The predicted molar refractivity (Wildman–Crippen MR) is 158 cm³/mol. The summed E-state index contributed by atoms with van der Waals surface area (Å²) in [7, 11) is 0. The number of hydrogen-bond donors (Lipinski definition) is 3. The van der Waals surface area contributed by atoms with Gasteiger partial charge in [0.1, 0.15) is 13.2 Å². The first-order valence-electron chi connectivity index (χ1n) is 15.1. The van der Waals surface area contributed by atoms with Gasteiger partial charge in [-0.3, -0.25) is 14.4 Å². The Bertz CT molecular complexity index is 1340. The number of Topliss-reactive ketones (excluding diaryl/α,β-unsaturated/α-hetero) is 1. The molecule has 0 aromatic heterocycles. The molecule has 0 saturated heterocycles. The molecule has 240 valence electrons. The second kappa shape index (κ2) is 12.9. The molecule has 0 radical (unpaired) electrons. The maximum Gasteiger partial charge on any atom is 0.310 e. The molecule has 1 aromatic carbocycles. The third kappa shape index (κ3) is 7.44. The first-order chi connectivity index (χ1) is 20.5. The average molecular weight is 614 g/mol. The van der Waals surface area contributed by atoms with Crippen molar-refractivity contribution in [2.45, 2.75) is 84.7 Å². The maximum atomic E-state index is 13.4. The van der Waals surface area contributed by atoms with Gasteiger partial charge in [0.05, 0.1) is 12.5 Å². The largest absolute Gasteiger partial charge is 0.457 e. The Labute approximate surface area is 257 Å². The Balaban J connectivity index is 0.000000818. The van der Waals surface area contributed by atoms with Gasteiger partial charge < -0.3 is 24.9 Å². The quantitative estimate of drug-likeness (QED) is 0.170. The summed E-state index contributed by atoms with van der Waals surface area (Å²) < 4.78 is 5.37. The lowest BCUT2D eigenvalue weighted by Crippen LogP contribution is -2.56. The second-order valence-electron chi connectivity index (χ2n) is 13.5. The summed E-state index contributed by atoms with van der Waals surface area (Å²) in [6, 6.07) is 6.69. The number of hydrogen-bond acceptors (Lipinski definition) is 10. The Morgan fingerprint density at radius 2 is 1.82 bits per heavy atom. The molecular formula is C33H43NO10. The number of nitrogens with zero attached hydrogens (tertiary/aromatic N) is 1. The van der Waals surface area contributed by atoms with Crippen molar-refractivity contribution in [3.8, 4) is 0 Å². The monoisotopic (exact) mass is 613 g/mol. The average Bonchev–Trinajstić information content (AvgIpc) is 3.26. The van der Waals surface area contributed by atoms with Crippen LogP contribution in [0.1, 0.15) is 70.9 Å². The number of benzene rings is 1. The highest BCUT2D eigenvalue weighted by atomic mass is 16.9. The van der Waals surface area contributed by atoms with Crippen LogP contribution < -0.4 is 0 Å². The summed E-state index contributed by atoms with van der Waals surface area (Å²) in [6.07, 6.45) is 8.52. The summed E-state index contributed by atoms with van der Waals surface area (Å²) in [5, 5.41) is 37.2. The summed E-state index contributed by atoms with van der Waals surface area (Å²) in [5.41, 5.74) is 1.56. The highest BCUT2D eigenvalue weighted by Gasteiger charge is 2.62. The van der Waals surface area contributed by atoms with Crippen molar-refractivity contribution in [2.24, 2.45) is 34.5 Å². The van der Waals surface area contributed by atoms with Gasteiger partial charge >= 0.3 is 5.97 Å². The van der Waals surface area contributed by atoms with E-state index < -0.39 is 22.9 Å². The van der Waals surface area contributed by atoms with Crippen molar-refractivity contribution >= 4 is 17.5 Å². The van der Waals surface area contributed by atoms with Crippen LogP contribution in [0.5, 0.6) is 0 Å². The summed E-state index contributed by atoms with van der Waals surface area (Å²) in [6.45, 7) is 6.32. The summed E-state index contributed by atoms with van der Waals surface area (Å²) >= 11 is 0. The number of carbonyl (C=O) groups excluding carboxylic acids is 3. The van der Waals surface area contributed by atoms with Crippen LogP contribution in [0, 0.1) is 44.6 Å². The summed E-state index contributed by atoms with van der Waals surface area (Å²) in [5.74, 6) is -1.89. The minimum absolute atomic E-state index is 0.00805. The highest BCUT2D eigenvalue weighted by molar-refractivity contribution is 6.01. The molecule has 0 heterocycles. The molecular weight excluding hydrogens is 570 g/mol. The predicted octanol–water partition coefficient (Wildman–Crippen LogP) is 3.65. The molecule has 44 heavy (non-hydrogen) atoms. The van der Waals surface area contributed by atoms with Crippen LogP contribution in [0.25, 0.3) is 0 Å². The van der Waals surface area contributed by atoms with Crippen LogP contribution in [0.15, 0.2) is 48.1 Å². The smallest absolute Gasteiger partial charge is 0.310 e. The van der Waals surface area contributed by atoms with Crippen LogP contribution in [0.2, 0.25) is 0 Å². The third-order valence-corrected chi connectivity index (χ3v) is 9.93. The number of esters is 1. The Kier molecular flexibility index (Phi) is 9.82. The van der Waals surface area contributed by atoms with Crippen molar-refractivity contribution in [3.05, 3.63) is 69.3 Å². The Hall–Kier alpha value is -3.41. The van der Waals surface area contributed by atoms with Gasteiger partial charge in [-0.2, -0.15) is 0 Å². The molecule has 0 bridgehead atoms. The molecule has 0 aliphatic heterocycles. The number of carbonyl (C=O) groups is 3. The van der Waals surface area contributed by atoms with Crippen LogP contribution in [-0.4, -0.2) is 56.4 Å². The van der Waals surface area contributed by atoms with Gasteiger partial charge in [0.25, 0.3) is 5.09 Å². The van der Waals surface area contributed by atoms with Crippen LogP contribution in [-0.2, 0) is 37.0 Å². The first-order valence-corrected chi connectivity index (χ1v) is 15.1. The van der Waals surface area contributed by atoms with Gasteiger partial charge in [-0.15, -0.1) is 10.1 Å². The molecule has 3 saturated carbocycles. The lowest BCUT2D eigenvalue weighted by molar-refractivity contribution is -0.763. The van der Waals surface area contributed by atoms with E-state index in [-0.39, 0.29) is 65.7 Å². The van der Waals surface area contributed by atoms with E-state index in [1.165, 1.54) is 13.8 Å². The Morgan fingerprint density at radius 1 is 1.14 bits per heavy atom. The fraction of sp³-hybridized carbons (Fsp3) is 0.606. The molecule has 3 fully saturated rings. The van der Waals surface area contributed by atoms with Crippen molar-refractivity contribution in [3.63, 3.8) is 0 Å². The molecule has 1 aromatic rings. The van der Waals surface area contributed by atoms with Gasteiger partial charge in [-0.25, -0.2) is 0 Å². The number of aliphatic hydroxyl groups excluding tert-OH is 1. The highest BCUT2D eigenvalue weighted by Crippen LogP contribution is 2.66. The maximum absolute atomic E-state index is 13.4. The Morgan fingerprint density at radius 3 is 2.50 bits per heavy atom. The minimum Gasteiger partial charge on any atom is -0.457 e. The zero-order chi connectivity index (χ0) is 32.4. The zero-order valence-corrected chi connectivity index (χ0v) is 25.7. The lowest BCUT2D eigenvalue weighted by atomic mass is 9.46.